The minimum Gasteiger partial charge on any atom is -0.480 e. The number of urea groups is 1. The summed E-state index contributed by atoms with van der Waals surface area (Å²) in [5.74, 6) is -1.11. The highest BCUT2D eigenvalue weighted by Gasteiger charge is 2.40. The molecule has 19 heavy (non-hydrogen) atoms. The molecule has 1 heterocycles. The van der Waals surface area contributed by atoms with Crippen molar-refractivity contribution in [2.24, 2.45) is 0 Å². The summed E-state index contributed by atoms with van der Waals surface area (Å²) in [5.41, 5.74) is 0. The van der Waals surface area contributed by atoms with Crippen LogP contribution < -0.4 is 5.32 Å². The number of rotatable bonds is 2. The number of carbonyl (C=O) groups is 2. The van der Waals surface area contributed by atoms with Crippen LogP contribution in [0.3, 0.4) is 0 Å². The van der Waals surface area contributed by atoms with Crippen molar-refractivity contribution < 1.29 is 24.9 Å². The molecule has 1 saturated carbocycles. The maximum atomic E-state index is 12.0. The van der Waals surface area contributed by atoms with E-state index in [1.165, 1.54) is 0 Å². The Hall–Kier alpha value is -1.34. The van der Waals surface area contributed by atoms with Crippen molar-refractivity contribution in [1.29, 1.82) is 0 Å². The van der Waals surface area contributed by atoms with Crippen LogP contribution in [0.15, 0.2) is 0 Å². The predicted molar refractivity (Wildman–Crippen MR) is 65.5 cm³/mol. The lowest BCUT2D eigenvalue weighted by Crippen LogP contribution is -2.53. The molecule has 0 aromatic heterocycles. The minimum absolute atomic E-state index is 0.0195. The van der Waals surface area contributed by atoms with Crippen molar-refractivity contribution in [2.45, 2.75) is 56.4 Å². The molecule has 7 heteroatoms. The van der Waals surface area contributed by atoms with Crippen LogP contribution in [-0.2, 0) is 4.79 Å². The molecule has 0 aromatic rings. The van der Waals surface area contributed by atoms with Gasteiger partial charge in [-0.05, 0) is 12.8 Å². The molecule has 1 aliphatic heterocycles. The number of likely N-dealkylation sites (tertiary alicyclic amines) is 1. The fourth-order valence-electron chi connectivity index (χ4n) is 2.79. The first-order valence-corrected chi connectivity index (χ1v) is 6.65. The molecule has 1 saturated heterocycles. The van der Waals surface area contributed by atoms with Gasteiger partial charge in [-0.25, -0.2) is 9.59 Å². The zero-order valence-corrected chi connectivity index (χ0v) is 10.7. The predicted octanol–water partition coefficient (Wildman–Crippen LogP) is -0.481. The standard InChI is InChI=1S/C12H20N2O5/c15-7-5-9(11(17)18)14(6-7)12(19)13-8-3-1-2-4-10(8)16/h7-10,15-16H,1-6H2,(H,13,19)(H,17,18)/t7-,8?,9+,10?/m1/s1. The number of aliphatic hydroxyl groups is 2. The van der Waals surface area contributed by atoms with E-state index in [9.17, 15) is 19.8 Å². The minimum atomic E-state index is -1.11. The summed E-state index contributed by atoms with van der Waals surface area (Å²) in [6.07, 6.45) is 1.89. The number of amides is 2. The Kier molecular flexibility index (Phi) is 4.26. The number of carboxylic acids is 1. The highest BCUT2D eigenvalue weighted by molar-refractivity contribution is 5.83. The number of nitrogens with zero attached hydrogens (tertiary/aromatic N) is 1. The Labute approximate surface area is 111 Å². The smallest absolute Gasteiger partial charge is 0.326 e. The Morgan fingerprint density at radius 3 is 2.47 bits per heavy atom. The highest BCUT2D eigenvalue weighted by atomic mass is 16.4. The van der Waals surface area contributed by atoms with Gasteiger partial charge in [0.15, 0.2) is 0 Å². The Bertz CT molecular complexity index is 362. The van der Waals surface area contributed by atoms with Gasteiger partial charge in [0, 0.05) is 13.0 Å². The van der Waals surface area contributed by atoms with Crippen molar-refractivity contribution in [3.63, 3.8) is 0 Å². The molecule has 4 atom stereocenters. The lowest BCUT2D eigenvalue weighted by Gasteiger charge is -2.31. The molecular formula is C12H20N2O5. The van der Waals surface area contributed by atoms with Crippen molar-refractivity contribution >= 4 is 12.0 Å². The van der Waals surface area contributed by atoms with E-state index in [1.54, 1.807) is 0 Å². The van der Waals surface area contributed by atoms with E-state index >= 15 is 0 Å². The molecule has 7 nitrogen and oxygen atoms in total. The molecule has 0 bridgehead atoms. The largest absolute Gasteiger partial charge is 0.480 e. The van der Waals surface area contributed by atoms with Gasteiger partial charge in [0.25, 0.3) is 0 Å². The zero-order chi connectivity index (χ0) is 14.0. The third-order valence-corrected chi connectivity index (χ3v) is 3.86. The second kappa shape index (κ2) is 5.75. The van der Waals surface area contributed by atoms with Gasteiger partial charge in [-0.15, -0.1) is 0 Å². The molecule has 0 radical (unpaired) electrons. The fourth-order valence-corrected chi connectivity index (χ4v) is 2.79. The zero-order valence-electron chi connectivity index (χ0n) is 10.7. The molecule has 0 aromatic carbocycles. The molecule has 108 valence electrons. The number of carbonyl (C=O) groups excluding carboxylic acids is 1. The number of aliphatic carboxylic acids is 1. The molecule has 2 amide bonds. The van der Waals surface area contributed by atoms with Gasteiger partial charge in [0.1, 0.15) is 6.04 Å². The average Bonchev–Trinajstić information content (AvgIpc) is 2.74. The van der Waals surface area contributed by atoms with Crippen LogP contribution >= 0.6 is 0 Å². The Balaban J connectivity index is 1.96. The highest BCUT2D eigenvalue weighted by Crippen LogP contribution is 2.21. The van der Waals surface area contributed by atoms with Gasteiger partial charge < -0.3 is 25.5 Å². The maximum absolute atomic E-state index is 12.0. The van der Waals surface area contributed by atoms with Crippen molar-refractivity contribution in [3.05, 3.63) is 0 Å². The summed E-state index contributed by atoms with van der Waals surface area (Å²) >= 11 is 0. The van der Waals surface area contributed by atoms with E-state index < -0.39 is 30.3 Å². The van der Waals surface area contributed by atoms with E-state index in [-0.39, 0.29) is 19.0 Å². The topological polar surface area (TPSA) is 110 Å². The van der Waals surface area contributed by atoms with Crippen molar-refractivity contribution in [3.8, 4) is 0 Å². The summed E-state index contributed by atoms with van der Waals surface area (Å²) in [5, 5.41) is 31.0. The second-order valence-corrected chi connectivity index (χ2v) is 5.30. The van der Waals surface area contributed by atoms with Crippen molar-refractivity contribution in [2.75, 3.05) is 6.54 Å². The fraction of sp³-hybridized carbons (Fsp3) is 0.833. The van der Waals surface area contributed by atoms with Crippen LogP contribution in [0.4, 0.5) is 4.79 Å². The third-order valence-electron chi connectivity index (χ3n) is 3.86. The first-order chi connectivity index (χ1) is 8.99. The summed E-state index contributed by atoms with van der Waals surface area (Å²) in [6.45, 7) is 0.0195. The van der Waals surface area contributed by atoms with Gasteiger partial charge in [-0.2, -0.15) is 0 Å². The van der Waals surface area contributed by atoms with E-state index in [1.807, 2.05) is 0 Å². The maximum Gasteiger partial charge on any atom is 0.326 e. The van der Waals surface area contributed by atoms with Gasteiger partial charge >= 0.3 is 12.0 Å². The van der Waals surface area contributed by atoms with E-state index in [0.717, 1.165) is 17.7 Å². The molecule has 2 rings (SSSR count). The number of hydrogen-bond donors (Lipinski definition) is 4. The number of aliphatic hydroxyl groups excluding tert-OH is 2. The van der Waals surface area contributed by atoms with Crippen LogP contribution in [0, 0.1) is 0 Å². The summed E-state index contributed by atoms with van der Waals surface area (Å²) in [6, 6.07) is -1.83. The van der Waals surface area contributed by atoms with E-state index in [2.05, 4.69) is 5.32 Å². The molecule has 0 spiro atoms. The number of hydrogen-bond acceptors (Lipinski definition) is 4. The van der Waals surface area contributed by atoms with Gasteiger partial charge in [-0.3, -0.25) is 0 Å². The normalized spacial score (nSPS) is 35.2. The first kappa shape index (κ1) is 14.1. The number of nitrogens with one attached hydrogen (secondary N) is 1. The van der Waals surface area contributed by atoms with Gasteiger partial charge in [0.2, 0.25) is 0 Å². The second-order valence-electron chi connectivity index (χ2n) is 5.30. The molecule has 2 fully saturated rings. The lowest BCUT2D eigenvalue weighted by atomic mass is 9.93. The number of β-amino-alcohol motifs (C(OH)–C–C–N with tert-alkyl or cyclic N) is 1. The monoisotopic (exact) mass is 272 g/mol. The number of carboxylic acid groups (broad SMARTS) is 1. The first-order valence-electron chi connectivity index (χ1n) is 6.65. The van der Waals surface area contributed by atoms with E-state index in [4.69, 9.17) is 5.11 Å². The van der Waals surface area contributed by atoms with Crippen molar-refractivity contribution in [1.82, 2.24) is 10.2 Å². The van der Waals surface area contributed by atoms with Crippen LogP contribution in [0.2, 0.25) is 0 Å². The van der Waals surface area contributed by atoms with E-state index in [0.29, 0.717) is 12.8 Å². The Morgan fingerprint density at radius 1 is 1.16 bits per heavy atom. The molecule has 2 aliphatic rings. The van der Waals surface area contributed by atoms with Gasteiger partial charge in [-0.1, -0.05) is 12.8 Å². The van der Waals surface area contributed by atoms with Crippen LogP contribution in [0.25, 0.3) is 0 Å². The summed E-state index contributed by atoms with van der Waals surface area (Å²) in [4.78, 5) is 24.2. The summed E-state index contributed by atoms with van der Waals surface area (Å²) in [7, 11) is 0. The Morgan fingerprint density at radius 2 is 1.84 bits per heavy atom. The summed E-state index contributed by atoms with van der Waals surface area (Å²) < 4.78 is 0. The third kappa shape index (κ3) is 3.16. The molecule has 2 unspecified atom stereocenters. The van der Waals surface area contributed by atoms with Crippen LogP contribution in [0.5, 0.6) is 0 Å². The molecule has 4 N–H and O–H groups in total. The molecule has 1 aliphatic carbocycles. The van der Waals surface area contributed by atoms with Crippen LogP contribution in [0.1, 0.15) is 32.1 Å². The molecular weight excluding hydrogens is 252 g/mol. The quantitative estimate of drug-likeness (QED) is 0.542. The average molecular weight is 272 g/mol. The van der Waals surface area contributed by atoms with Crippen LogP contribution in [-0.4, -0.2) is 63.1 Å². The van der Waals surface area contributed by atoms with Gasteiger partial charge in [0.05, 0.1) is 18.2 Å². The SMILES string of the molecule is O=C(O)[C@@H]1C[C@@H](O)CN1C(=O)NC1CCCCC1O. The lowest BCUT2D eigenvalue weighted by molar-refractivity contribution is -0.141.